The van der Waals surface area contributed by atoms with Crippen molar-refractivity contribution < 1.29 is 14.3 Å². The van der Waals surface area contributed by atoms with Crippen LogP contribution in [0, 0.1) is 0 Å². The first-order valence-corrected chi connectivity index (χ1v) is 9.36. The van der Waals surface area contributed by atoms with Crippen molar-refractivity contribution in [3.8, 4) is 0 Å². The Morgan fingerprint density at radius 1 is 0.966 bits per heavy atom. The third kappa shape index (κ3) is 5.16. The van der Waals surface area contributed by atoms with E-state index in [-0.39, 0.29) is 18.5 Å². The van der Waals surface area contributed by atoms with E-state index in [2.05, 4.69) is 27.5 Å². The second kappa shape index (κ2) is 9.45. The molecule has 29 heavy (non-hydrogen) atoms. The van der Waals surface area contributed by atoms with Crippen LogP contribution in [0.15, 0.2) is 60.9 Å². The lowest BCUT2D eigenvalue weighted by molar-refractivity contribution is 0.0527. The van der Waals surface area contributed by atoms with E-state index in [9.17, 15) is 9.59 Å². The number of ether oxygens (including phenoxy) is 1. The van der Waals surface area contributed by atoms with Crippen LogP contribution < -0.4 is 10.6 Å². The number of para-hydroxylation sites is 1. The first-order chi connectivity index (χ1) is 14.1. The predicted molar refractivity (Wildman–Crippen MR) is 111 cm³/mol. The lowest BCUT2D eigenvalue weighted by Crippen LogP contribution is -2.13. The molecule has 0 fully saturated rings. The van der Waals surface area contributed by atoms with Crippen molar-refractivity contribution in [2.45, 2.75) is 20.3 Å². The maximum absolute atomic E-state index is 12.4. The average molecular weight is 390 g/mol. The third-order valence-electron chi connectivity index (χ3n) is 4.20. The highest BCUT2D eigenvalue weighted by atomic mass is 16.5. The zero-order chi connectivity index (χ0) is 20.6. The van der Waals surface area contributed by atoms with Crippen molar-refractivity contribution in [3.63, 3.8) is 0 Å². The number of nitrogens with one attached hydrogen (secondary N) is 2. The van der Waals surface area contributed by atoms with Crippen LogP contribution in [0.5, 0.6) is 0 Å². The fourth-order valence-corrected chi connectivity index (χ4v) is 2.64. The van der Waals surface area contributed by atoms with Gasteiger partial charge in [-0.2, -0.15) is 0 Å². The summed E-state index contributed by atoms with van der Waals surface area (Å²) >= 11 is 0. The van der Waals surface area contributed by atoms with Gasteiger partial charge >= 0.3 is 5.97 Å². The summed E-state index contributed by atoms with van der Waals surface area (Å²) in [4.78, 5) is 32.8. The monoisotopic (exact) mass is 390 g/mol. The maximum Gasteiger partial charge on any atom is 0.340 e. The quantitative estimate of drug-likeness (QED) is 0.587. The van der Waals surface area contributed by atoms with Gasteiger partial charge in [-0.3, -0.25) is 4.79 Å². The fraction of sp³-hybridized carbons (Fsp3) is 0.182. The van der Waals surface area contributed by atoms with Crippen molar-refractivity contribution in [2.75, 3.05) is 17.2 Å². The van der Waals surface area contributed by atoms with Crippen LogP contribution in [0.25, 0.3) is 0 Å². The average Bonchev–Trinajstić information content (AvgIpc) is 2.75. The number of anilines is 3. The molecular weight excluding hydrogens is 368 g/mol. The molecule has 2 N–H and O–H groups in total. The Balaban J connectivity index is 1.69. The topological polar surface area (TPSA) is 93.2 Å². The summed E-state index contributed by atoms with van der Waals surface area (Å²) in [6, 6.07) is 14.6. The van der Waals surface area contributed by atoms with Gasteiger partial charge in [-0.1, -0.05) is 31.2 Å². The van der Waals surface area contributed by atoms with Gasteiger partial charge in [-0.05, 0) is 43.2 Å². The van der Waals surface area contributed by atoms with E-state index in [1.54, 1.807) is 31.2 Å². The van der Waals surface area contributed by atoms with Crippen molar-refractivity contribution in [1.82, 2.24) is 9.97 Å². The van der Waals surface area contributed by atoms with Crippen LogP contribution in [0.3, 0.4) is 0 Å². The molecule has 0 aliphatic carbocycles. The van der Waals surface area contributed by atoms with Gasteiger partial charge in [0.25, 0.3) is 5.91 Å². The molecule has 1 aromatic heterocycles. The number of nitrogens with zero attached hydrogens (tertiary/aromatic N) is 2. The molecule has 3 rings (SSSR count). The number of carbonyl (C=O) groups is 2. The molecular formula is C22H22N4O3. The van der Waals surface area contributed by atoms with Gasteiger partial charge in [-0.25, -0.2) is 14.8 Å². The third-order valence-corrected chi connectivity index (χ3v) is 4.20. The molecule has 7 nitrogen and oxygen atoms in total. The summed E-state index contributed by atoms with van der Waals surface area (Å²) in [5.74, 6) is -0.459. The Morgan fingerprint density at radius 3 is 2.31 bits per heavy atom. The zero-order valence-electron chi connectivity index (χ0n) is 16.3. The molecule has 0 aliphatic rings. The first-order valence-electron chi connectivity index (χ1n) is 9.36. The number of rotatable bonds is 7. The van der Waals surface area contributed by atoms with Crippen LogP contribution >= 0.6 is 0 Å². The summed E-state index contributed by atoms with van der Waals surface area (Å²) < 4.78 is 5.06. The van der Waals surface area contributed by atoms with Gasteiger partial charge in [0, 0.05) is 18.1 Å². The minimum atomic E-state index is -0.430. The highest BCUT2D eigenvalue weighted by Crippen LogP contribution is 2.19. The minimum absolute atomic E-state index is 0.269. The second-order valence-corrected chi connectivity index (χ2v) is 6.19. The zero-order valence-corrected chi connectivity index (χ0v) is 16.3. The molecule has 2 aromatic carbocycles. The van der Waals surface area contributed by atoms with Crippen LogP contribution in [-0.2, 0) is 11.2 Å². The Labute approximate surface area is 169 Å². The number of aromatic nitrogens is 2. The second-order valence-electron chi connectivity index (χ2n) is 6.19. The number of esters is 1. The van der Waals surface area contributed by atoms with Gasteiger partial charge in [-0.15, -0.1) is 0 Å². The highest BCUT2D eigenvalue weighted by Gasteiger charge is 2.13. The number of hydrogen-bond donors (Lipinski definition) is 2. The number of amides is 1. The van der Waals surface area contributed by atoms with Crippen LogP contribution in [0.4, 0.5) is 17.3 Å². The molecule has 1 amide bonds. The molecule has 0 saturated heterocycles. The molecule has 0 aliphatic heterocycles. The number of carbonyl (C=O) groups excluding carboxylic acids is 2. The first kappa shape index (κ1) is 20.0. The fourth-order valence-electron chi connectivity index (χ4n) is 2.64. The normalized spacial score (nSPS) is 10.3. The molecule has 3 aromatic rings. The minimum Gasteiger partial charge on any atom is -0.462 e. The van der Waals surface area contributed by atoms with Crippen molar-refractivity contribution in [1.29, 1.82) is 0 Å². The summed E-state index contributed by atoms with van der Waals surface area (Å²) in [6.45, 7) is 4.11. The Kier molecular flexibility index (Phi) is 6.52. The molecule has 0 saturated carbocycles. The molecule has 0 atom stereocenters. The smallest absolute Gasteiger partial charge is 0.340 e. The van der Waals surface area contributed by atoms with Gasteiger partial charge < -0.3 is 15.4 Å². The van der Waals surface area contributed by atoms with E-state index in [4.69, 9.17) is 4.74 Å². The van der Waals surface area contributed by atoms with Crippen molar-refractivity contribution in [3.05, 3.63) is 77.6 Å². The molecule has 148 valence electrons. The van der Waals surface area contributed by atoms with Gasteiger partial charge in [0.15, 0.2) is 0 Å². The van der Waals surface area contributed by atoms with E-state index >= 15 is 0 Å². The number of hydrogen-bond acceptors (Lipinski definition) is 6. The van der Waals surface area contributed by atoms with E-state index < -0.39 is 5.97 Å². The van der Waals surface area contributed by atoms with Gasteiger partial charge in [0.1, 0.15) is 0 Å². The largest absolute Gasteiger partial charge is 0.462 e. The van der Waals surface area contributed by atoms with Crippen molar-refractivity contribution >= 4 is 29.2 Å². The lowest BCUT2D eigenvalue weighted by Gasteiger charge is -2.10. The standard InChI is InChI=1S/C22H22N4O3/c1-3-15-9-11-17(12-10-15)25-20(27)16-13-23-22(24-14-16)26-19-8-6-5-7-18(19)21(28)29-4-2/h5-14H,3-4H2,1-2H3,(H,25,27)(H,23,24,26). The van der Waals surface area contributed by atoms with Gasteiger partial charge in [0.05, 0.1) is 23.4 Å². The molecule has 7 heteroatoms. The van der Waals surface area contributed by atoms with E-state index in [1.165, 1.54) is 18.0 Å². The predicted octanol–water partition coefficient (Wildman–Crippen LogP) is 4.21. The highest BCUT2D eigenvalue weighted by molar-refractivity contribution is 6.04. The van der Waals surface area contributed by atoms with E-state index in [0.717, 1.165) is 6.42 Å². The summed E-state index contributed by atoms with van der Waals surface area (Å²) in [6.07, 6.45) is 3.80. The van der Waals surface area contributed by atoms with Crippen LogP contribution in [0.2, 0.25) is 0 Å². The summed E-state index contributed by atoms with van der Waals surface area (Å²) in [5.41, 5.74) is 3.14. The Hall–Kier alpha value is -3.74. The van der Waals surface area contributed by atoms with Crippen LogP contribution in [0.1, 0.15) is 40.1 Å². The number of benzene rings is 2. The lowest BCUT2D eigenvalue weighted by atomic mass is 10.1. The Morgan fingerprint density at radius 2 is 1.66 bits per heavy atom. The van der Waals surface area contributed by atoms with E-state index in [1.807, 2.05) is 24.3 Å². The molecule has 0 unspecified atom stereocenters. The van der Waals surface area contributed by atoms with E-state index in [0.29, 0.717) is 22.5 Å². The number of aryl methyl sites for hydroxylation is 1. The van der Waals surface area contributed by atoms with Gasteiger partial charge in [0.2, 0.25) is 5.95 Å². The molecule has 0 bridgehead atoms. The molecule has 1 heterocycles. The summed E-state index contributed by atoms with van der Waals surface area (Å²) in [5, 5.41) is 5.80. The molecule has 0 radical (unpaired) electrons. The summed E-state index contributed by atoms with van der Waals surface area (Å²) in [7, 11) is 0. The maximum atomic E-state index is 12.4. The van der Waals surface area contributed by atoms with Crippen LogP contribution in [-0.4, -0.2) is 28.5 Å². The van der Waals surface area contributed by atoms with Crippen molar-refractivity contribution in [2.24, 2.45) is 0 Å². The Bertz CT molecular complexity index is 986. The molecule has 0 spiro atoms. The SMILES string of the molecule is CCOC(=O)c1ccccc1Nc1ncc(C(=O)Nc2ccc(CC)cc2)cn1.